The Balaban J connectivity index is 1.95. The number of rotatable bonds is 7. The molecule has 0 radical (unpaired) electrons. The van der Waals surface area contributed by atoms with Gasteiger partial charge in [-0.1, -0.05) is 34.9 Å². The average molecular weight is 396 g/mol. The molecule has 0 fully saturated rings. The molecule has 0 spiro atoms. The summed E-state index contributed by atoms with van der Waals surface area (Å²) in [5.41, 5.74) is 1.92. The number of halogens is 1. The van der Waals surface area contributed by atoms with E-state index < -0.39 is 0 Å². The molecular formula is C17H22BrN3O3. The second-order valence-electron chi connectivity index (χ2n) is 5.86. The van der Waals surface area contributed by atoms with Crippen LogP contribution in [0.3, 0.4) is 0 Å². The minimum Gasteiger partial charge on any atom is -0.374 e. The predicted octanol–water partition coefficient (Wildman–Crippen LogP) is 4.23. The fourth-order valence-corrected chi connectivity index (χ4v) is 2.58. The van der Waals surface area contributed by atoms with E-state index in [-0.39, 0.29) is 18.4 Å². The van der Waals surface area contributed by atoms with Gasteiger partial charge in [0.15, 0.2) is 5.82 Å². The zero-order chi connectivity index (χ0) is 17.7. The highest BCUT2D eigenvalue weighted by molar-refractivity contribution is 9.10. The number of benzene rings is 1. The van der Waals surface area contributed by atoms with Crippen molar-refractivity contribution in [2.75, 3.05) is 12.4 Å². The van der Waals surface area contributed by atoms with Crippen molar-refractivity contribution in [1.29, 1.82) is 0 Å². The van der Waals surface area contributed by atoms with E-state index in [1.165, 1.54) is 0 Å². The summed E-state index contributed by atoms with van der Waals surface area (Å²) in [4.78, 5) is 16.4. The van der Waals surface area contributed by atoms with Crippen molar-refractivity contribution in [2.45, 2.75) is 45.6 Å². The van der Waals surface area contributed by atoms with Gasteiger partial charge in [0.1, 0.15) is 6.10 Å². The normalized spacial score (nSPS) is 12.4. The van der Waals surface area contributed by atoms with Gasteiger partial charge in [0.25, 0.3) is 0 Å². The van der Waals surface area contributed by atoms with E-state index in [1.54, 1.807) is 7.11 Å². The first-order chi connectivity index (χ1) is 11.4. The third-order valence-electron chi connectivity index (χ3n) is 3.68. The van der Waals surface area contributed by atoms with Crippen LogP contribution in [0.15, 0.2) is 27.2 Å². The Kier molecular flexibility index (Phi) is 6.51. The summed E-state index contributed by atoms with van der Waals surface area (Å²) in [5.74, 6) is 1.15. The number of carbonyl (C=O) groups is 1. The fraction of sp³-hybridized carbons (Fsp3) is 0.471. The van der Waals surface area contributed by atoms with Crippen LogP contribution in [0, 0.1) is 0 Å². The van der Waals surface area contributed by atoms with Crippen molar-refractivity contribution in [3.63, 3.8) is 0 Å². The van der Waals surface area contributed by atoms with E-state index in [0.717, 1.165) is 15.7 Å². The summed E-state index contributed by atoms with van der Waals surface area (Å²) in [6.45, 7) is 6.02. The van der Waals surface area contributed by atoms with Crippen LogP contribution in [0.1, 0.15) is 56.5 Å². The van der Waals surface area contributed by atoms with Crippen molar-refractivity contribution in [1.82, 2.24) is 10.1 Å². The lowest BCUT2D eigenvalue weighted by Crippen LogP contribution is -2.14. The number of hydrogen-bond acceptors (Lipinski definition) is 5. The number of aryl methyl sites for hydroxylation is 1. The summed E-state index contributed by atoms with van der Waals surface area (Å²) in [6.07, 6.45) is 0.437. The maximum atomic E-state index is 12.2. The Bertz CT molecular complexity index is 700. The molecule has 0 aliphatic carbocycles. The van der Waals surface area contributed by atoms with Crippen molar-refractivity contribution in [3.05, 3.63) is 40.0 Å². The largest absolute Gasteiger partial charge is 0.374 e. The van der Waals surface area contributed by atoms with E-state index in [2.05, 4.69) is 45.2 Å². The van der Waals surface area contributed by atoms with E-state index in [0.29, 0.717) is 24.1 Å². The fourth-order valence-electron chi connectivity index (χ4n) is 2.20. The van der Waals surface area contributed by atoms with Gasteiger partial charge < -0.3 is 14.6 Å². The third-order valence-corrected chi connectivity index (χ3v) is 4.17. The number of methoxy groups -OCH3 is 1. The first kappa shape index (κ1) is 18.6. The van der Waals surface area contributed by atoms with Crippen LogP contribution in [0.25, 0.3) is 0 Å². The highest BCUT2D eigenvalue weighted by Crippen LogP contribution is 2.27. The number of carbonyl (C=O) groups excluding carboxylic acids is 1. The minimum atomic E-state index is -0.229. The summed E-state index contributed by atoms with van der Waals surface area (Å²) in [7, 11) is 1.58. The smallest absolute Gasteiger partial charge is 0.227 e. The molecule has 0 saturated carbocycles. The summed E-state index contributed by atoms with van der Waals surface area (Å²) in [5, 5.41) is 6.80. The molecule has 2 rings (SSSR count). The Morgan fingerprint density at radius 1 is 1.38 bits per heavy atom. The number of aromatic nitrogens is 2. The maximum absolute atomic E-state index is 12.2. The molecule has 1 atom stereocenters. The lowest BCUT2D eigenvalue weighted by molar-refractivity contribution is -0.116. The minimum absolute atomic E-state index is 0.0845. The van der Waals surface area contributed by atoms with Gasteiger partial charge in [0, 0.05) is 30.1 Å². The summed E-state index contributed by atoms with van der Waals surface area (Å²) < 4.78 is 11.3. The number of ether oxygens (including phenoxy) is 1. The molecule has 1 aromatic carbocycles. The first-order valence-corrected chi connectivity index (χ1v) is 8.64. The van der Waals surface area contributed by atoms with Crippen molar-refractivity contribution in [2.24, 2.45) is 0 Å². The van der Waals surface area contributed by atoms with Crippen LogP contribution < -0.4 is 5.32 Å². The van der Waals surface area contributed by atoms with Crippen LogP contribution in [0.5, 0.6) is 0 Å². The lowest BCUT2D eigenvalue weighted by atomic mass is 10.0. The molecule has 0 aliphatic heterocycles. The molecule has 2 aromatic rings. The molecule has 6 nitrogen and oxygen atoms in total. The van der Waals surface area contributed by atoms with Gasteiger partial charge in [-0.25, -0.2) is 0 Å². The molecule has 130 valence electrons. The maximum Gasteiger partial charge on any atom is 0.227 e. The monoisotopic (exact) mass is 395 g/mol. The Labute approximate surface area is 150 Å². The highest BCUT2D eigenvalue weighted by Gasteiger charge is 2.15. The second kappa shape index (κ2) is 8.39. The van der Waals surface area contributed by atoms with Crippen LogP contribution in [-0.4, -0.2) is 23.2 Å². The predicted molar refractivity (Wildman–Crippen MR) is 94.9 cm³/mol. The van der Waals surface area contributed by atoms with Crippen LogP contribution >= 0.6 is 15.9 Å². The molecule has 0 saturated heterocycles. The van der Waals surface area contributed by atoms with Gasteiger partial charge in [0.2, 0.25) is 11.8 Å². The summed E-state index contributed by atoms with van der Waals surface area (Å²) in [6, 6.07) is 5.84. The van der Waals surface area contributed by atoms with E-state index >= 15 is 0 Å². The lowest BCUT2D eigenvalue weighted by Gasteiger charge is -2.14. The van der Waals surface area contributed by atoms with Gasteiger partial charge in [-0.3, -0.25) is 4.79 Å². The molecule has 1 amide bonds. The topological polar surface area (TPSA) is 77.2 Å². The van der Waals surface area contributed by atoms with Gasteiger partial charge in [-0.15, -0.1) is 0 Å². The summed E-state index contributed by atoms with van der Waals surface area (Å²) >= 11 is 3.46. The molecule has 1 N–H and O–H groups in total. The van der Waals surface area contributed by atoms with Crippen LogP contribution in [0.4, 0.5) is 5.69 Å². The number of hydrogen-bond donors (Lipinski definition) is 1. The Hall–Kier alpha value is -1.73. The van der Waals surface area contributed by atoms with Crippen molar-refractivity contribution in [3.8, 4) is 0 Å². The quantitative estimate of drug-likeness (QED) is 0.758. The number of anilines is 1. The molecule has 0 unspecified atom stereocenters. The van der Waals surface area contributed by atoms with E-state index in [9.17, 15) is 4.79 Å². The van der Waals surface area contributed by atoms with E-state index in [1.807, 2.05) is 25.1 Å². The molecular weight excluding hydrogens is 374 g/mol. The molecule has 1 aromatic heterocycles. The highest BCUT2D eigenvalue weighted by atomic mass is 79.9. The van der Waals surface area contributed by atoms with Crippen LogP contribution in [-0.2, 0) is 16.0 Å². The molecule has 7 heteroatoms. The van der Waals surface area contributed by atoms with Crippen molar-refractivity contribution < 1.29 is 14.1 Å². The standard InChI is InChI=1S/C17H22BrN3O3/c1-10(2)13-9-12(18)5-6-14(13)19-15(22)7-8-16-20-17(21-24-16)11(3)23-4/h5-6,9-11H,7-8H2,1-4H3,(H,19,22)/t11-/m0/s1. The average Bonchev–Trinajstić information content (AvgIpc) is 3.02. The van der Waals surface area contributed by atoms with Gasteiger partial charge in [0.05, 0.1) is 0 Å². The number of nitrogens with zero attached hydrogens (tertiary/aromatic N) is 2. The van der Waals surface area contributed by atoms with E-state index in [4.69, 9.17) is 9.26 Å². The Morgan fingerprint density at radius 3 is 2.79 bits per heavy atom. The van der Waals surface area contributed by atoms with Gasteiger partial charge >= 0.3 is 0 Å². The SMILES string of the molecule is CO[C@@H](C)c1noc(CCC(=O)Nc2ccc(Br)cc2C(C)C)n1. The Morgan fingerprint density at radius 2 is 2.12 bits per heavy atom. The second-order valence-corrected chi connectivity index (χ2v) is 6.77. The molecule has 24 heavy (non-hydrogen) atoms. The molecule has 0 aliphatic rings. The number of amides is 1. The van der Waals surface area contributed by atoms with Gasteiger partial charge in [-0.05, 0) is 36.6 Å². The first-order valence-electron chi connectivity index (χ1n) is 7.85. The molecule has 0 bridgehead atoms. The van der Waals surface area contributed by atoms with Crippen molar-refractivity contribution >= 4 is 27.5 Å². The third kappa shape index (κ3) is 4.88. The zero-order valence-electron chi connectivity index (χ0n) is 14.3. The van der Waals surface area contributed by atoms with Crippen LogP contribution in [0.2, 0.25) is 0 Å². The zero-order valence-corrected chi connectivity index (χ0v) is 15.9. The molecule has 1 heterocycles. The van der Waals surface area contributed by atoms with Gasteiger partial charge in [-0.2, -0.15) is 4.98 Å². The number of nitrogens with one attached hydrogen (secondary N) is 1.